The molecular formula is C8H14. The highest BCUT2D eigenvalue weighted by Crippen LogP contribution is 1.92. The van der Waals surface area contributed by atoms with Crippen molar-refractivity contribution in [3.8, 4) is 0 Å². The van der Waals surface area contributed by atoms with Crippen LogP contribution in [0.2, 0.25) is 0 Å². The fourth-order valence-corrected chi connectivity index (χ4v) is 0.397. The lowest BCUT2D eigenvalue weighted by Crippen LogP contribution is -1.74. The monoisotopic (exact) mass is 110 g/mol. The minimum absolute atomic E-state index is 0.672. The van der Waals surface area contributed by atoms with E-state index in [2.05, 4.69) is 26.0 Å². The maximum absolute atomic E-state index is 2.17. The van der Waals surface area contributed by atoms with Crippen molar-refractivity contribution < 1.29 is 0 Å². The van der Waals surface area contributed by atoms with Crippen molar-refractivity contribution in [3.63, 3.8) is 0 Å². The molecule has 0 spiro atoms. The highest BCUT2D eigenvalue weighted by molar-refractivity contribution is 5.01. The normalized spacial score (nSPS) is 12.5. The largest absolute Gasteiger partial charge is 0.0877 e. The Labute approximate surface area is 51.9 Å². The number of allylic oxidation sites excluding steroid dienone is 4. The molecule has 0 aromatic carbocycles. The summed E-state index contributed by atoms with van der Waals surface area (Å²) in [5, 5.41) is 0. The molecule has 0 aliphatic carbocycles. The maximum atomic E-state index is 2.17. The molecule has 0 bridgehead atoms. The molecule has 0 nitrogen and oxygen atoms in total. The lowest BCUT2D eigenvalue weighted by Gasteiger charge is -1.88. The molecule has 0 fully saturated rings. The zero-order valence-corrected chi connectivity index (χ0v) is 5.89. The summed E-state index contributed by atoms with van der Waals surface area (Å²) in [6, 6.07) is 0. The summed E-state index contributed by atoms with van der Waals surface area (Å²) in [7, 11) is 0. The first-order chi connectivity index (χ1) is 3.77. The topological polar surface area (TPSA) is 0 Å². The van der Waals surface area contributed by atoms with Crippen molar-refractivity contribution in [2.24, 2.45) is 5.92 Å². The Bertz CT molecular complexity index is 86.2. The molecular weight excluding hydrogens is 96.1 g/mol. The van der Waals surface area contributed by atoms with Crippen molar-refractivity contribution in [2.45, 2.75) is 20.8 Å². The Balaban J connectivity index is 3.34. The van der Waals surface area contributed by atoms with Crippen LogP contribution in [0.1, 0.15) is 20.8 Å². The summed E-state index contributed by atoms with van der Waals surface area (Å²) in [6.45, 7) is 6.35. The third-order valence-electron chi connectivity index (χ3n) is 0.800. The van der Waals surface area contributed by atoms with Gasteiger partial charge >= 0.3 is 0 Å². The van der Waals surface area contributed by atoms with Crippen molar-refractivity contribution in [1.29, 1.82) is 0 Å². The quantitative estimate of drug-likeness (QED) is 0.479. The SMILES string of the molecule is CC=CC=CC(C)C. The third kappa shape index (κ3) is 5.48. The first-order valence-electron chi connectivity index (χ1n) is 3.07. The van der Waals surface area contributed by atoms with E-state index in [1.807, 2.05) is 19.1 Å². The number of hydrogen-bond acceptors (Lipinski definition) is 0. The van der Waals surface area contributed by atoms with Crippen molar-refractivity contribution in [3.05, 3.63) is 24.3 Å². The number of rotatable bonds is 2. The molecule has 0 aromatic heterocycles. The molecule has 0 heteroatoms. The Hall–Kier alpha value is -0.520. The van der Waals surface area contributed by atoms with Gasteiger partial charge in [-0.1, -0.05) is 38.2 Å². The van der Waals surface area contributed by atoms with Crippen molar-refractivity contribution in [2.75, 3.05) is 0 Å². The fraction of sp³-hybridized carbons (Fsp3) is 0.500. The van der Waals surface area contributed by atoms with E-state index in [0.29, 0.717) is 5.92 Å². The molecule has 0 rings (SSSR count). The van der Waals surface area contributed by atoms with Gasteiger partial charge in [-0.3, -0.25) is 0 Å². The van der Waals surface area contributed by atoms with Gasteiger partial charge in [-0.25, -0.2) is 0 Å². The van der Waals surface area contributed by atoms with Crippen LogP contribution in [0, 0.1) is 5.92 Å². The molecule has 0 saturated carbocycles. The van der Waals surface area contributed by atoms with E-state index in [-0.39, 0.29) is 0 Å². The summed E-state index contributed by atoms with van der Waals surface area (Å²) >= 11 is 0. The average molecular weight is 110 g/mol. The number of hydrogen-bond donors (Lipinski definition) is 0. The molecule has 0 amide bonds. The van der Waals surface area contributed by atoms with Crippen LogP contribution < -0.4 is 0 Å². The second-order valence-electron chi connectivity index (χ2n) is 2.15. The van der Waals surface area contributed by atoms with E-state index in [0.717, 1.165) is 0 Å². The fourth-order valence-electron chi connectivity index (χ4n) is 0.397. The van der Waals surface area contributed by atoms with Gasteiger partial charge in [0, 0.05) is 0 Å². The van der Waals surface area contributed by atoms with Crippen LogP contribution in [0.5, 0.6) is 0 Å². The second-order valence-corrected chi connectivity index (χ2v) is 2.15. The summed E-state index contributed by atoms with van der Waals surface area (Å²) in [5.41, 5.74) is 0. The van der Waals surface area contributed by atoms with Crippen LogP contribution in [0.15, 0.2) is 24.3 Å². The highest BCUT2D eigenvalue weighted by Gasteiger charge is 1.77. The summed E-state index contributed by atoms with van der Waals surface area (Å²) in [4.78, 5) is 0. The highest BCUT2D eigenvalue weighted by atomic mass is 13.8. The minimum Gasteiger partial charge on any atom is -0.0877 e. The Morgan fingerprint density at radius 3 is 2.12 bits per heavy atom. The van der Waals surface area contributed by atoms with Gasteiger partial charge < -0.3 is 0 Å². The minimum atomic E-state index is 0.672. The van der Waals surface area contributed by atoms with Gasteiger partial charge in [0.2, 0.25) is 0 Å². The molecule has 8 heavy (non-hydrogen) atoms. The summed E-state index contributed by atoms with van der Waals surface area (Å²) in [6.07, 6.45) is 8.31. The zero-order chi connectivity index (χ0) is 6.41. The lowest BCUT2D eigenvalue weighted by molar-refractivity contribution is 0.832. The van der Waals surface area contributed by atoms with Crippen molar-refractivity contribution >= 4 is 0 Å². The third-order valence-corrected chi connectivity index (χ3v) is 0.800. The smallest absolute Gasteiger partial charge is 0.0287 e. The first kappa shape index (κ1) is 7.48. The van der Waals surface area contributed by atoms with Crippen LogP contribution in [0.4, 0.5) is 0 Å². The van der Waals surface area contributed by atoms with E-state index >= 15 is 0 Å². The molecule has 0 radical (unpaired) electrons. The predicted octanol–water partition coefficient (Wildman–Crippen LogP) is 2.77. The van der Waals surface area contributed by atoms with Gasteiger partial charge in [0.15, 0.2) is 0 Å². The van der Waals surface area contributed by atoms with Gasteiger partial charge in [-0.15, -0.1) is 0 Å². The molecule has 0 unspecified atom stereocenters. The van der Waals surface area contributed by atoms with E-state index in [4.69, 9.17) is 0 Å². The molecule has 0 atom stereocenters. The van der Waals surface area contributed by atoms with Gasteiger partial charge in [0.1, 0.15) is 0 Å². The van der Waals surface area contributed by atoms with E-state index in [1.54, 1.807) is 0 Å². The van der Waals surface area contributed by atoms with Crippen molar-refractivity contribution in [1.82, 2.24) is 0 Å². The predicted molar refractivity (Wildman–Crippen MR) is 38.8 cm³/mol. The molecule has 0 aliphatic rings. The standard InChI is InChI=1S/C8H14/c1-4-5-6-7-8(2)3/h4-8H,1-3H3. The Kier molecular flexibility index (Phi) is 4.33. The zero-order valence-electron chi connectivity index (χ0n) is 5.89. The lowest BCUT2D eigenvalue weighted by atomic mass is 10.2. The summed E-state index contributed by atoms with van der Waals surface area (Å²) in [5.74, 6) is 0.672. The van der Waals surface area contributed by atoms with Gasteiger partial charge in [-0.05, 0) is 12.8 Å². The van der Waals surface area contributed by atoms with Gasteiger partial charge in [0.05, 0.1) is 0 Å². The summed E-state index contributed by atoms with van der Waals surface area (Å²) < 4.78 is 0. The Morgan fingerprint density at radius 1 is 1.12 bits per heavy atom. The average Bonchev–Trinajstić information content (AvgIpc) is 1.66. The first-order valence-corrected chi connectivity index (χ1v) is 3.07. The molecule has 0 N–H and O–H groups in total. The molecule has 0 aromatic rings. The van der Waals surface area contributed by atoms with Crippen LogP contribution in [-0.2, 0) is 0 Å². The molecule has 0 saturated heterocycles. The van der Waals surface area contributed by atoms with Crippen LogP contribution in [-0.4, -0.2) is 0 Å². The van der Waals surface area contributed by atoms with Crippen LogP contribution in [0.25, 0.3) is 0 Å². The van der Waals surface area contributed by atoms with Gasteiger partial charge in [-0.2, -0.15) is 0 Å². The van der Waals surface area contributed by atoms with E-state index < -0.39 is 0 Å². The molecule has 0 aliphatic heterocycles. The molecule has 0 heterocycles. The van der Waals surface area contributed by atoms with Crippen LogP contribution in [0.3, 0.4) is 0 Å². The second kappa shape index (κ2) is 4.63. The van der Waals surface area contributed by atoms with Crippen LogP contribution >= 0.6 is 0 Å². The Morgan fingerprint density at radius 2 is 1.75 bits per heavy atom. The molecule has 46 valence electrons. The van der Waals surface area contributed by atoms with E-state index in [9.17, 15) is 0 Å². The maximum Gasteiger partial charge on any atom is -0.0287 e. The van der Waals surface area contributed by atoms with Gasteiger partial charge in [0.25, 0.3) is 0 Å². The van der Waals surface area contributed by atoms with E-state index in [1.165, 1.54) is 0 Å².